The smallest absolute Gasteiger partial charge is 0.270 e. The summed E-state index contributed by atoms with van der Waals surface area (Å²) in [5.74, 6) is 0.686. The quantitative estimate of drug-likeness (QED) is 0.689. The zero-order valence-corrected chi connectivity index (χ0v) is 12.2. The molecule has 6 heteroatoms. The largest absolute Gasteiger partial charge is 0.367 e. The summed E-state index contributed by atoms with van der Waals surface area (Å²) in [6.45, 7) is 4.52. The Hall–Kier alpha value is -2.24. The molecule has 1 aromatic carbocycles. The highest BCUT2D eigenvalue weighted by Crippen LogP contribution is 2.38. The monoisotopic (exact) mass is 286 g/mol. The van der Waals surface area contributed by atoms with Crippen LogP contribution in [0.25, 0.3) is 10.9 Å². The molecule has 1 aliphatic carbocycles. The molecule has 110 valence electrons. The lowest BCUT2D eigenvalue weighted by Crippen LogP contribution is -2.18. The molecule has 0 radical (unpaired) electrons. The van der Waals surface area contributed by atoms with Crippen molar-refractivity contribution in [2.45, 2.75) is 39.2 Å². The summed E-state index contributed by atoms with van der Waals surface area (Å²) in [7, 11) is 0. The van der Waals surface area contributed by atoms with Gasteiger partial charge in [0.1, 0.15) is 12.1 Å². The molecule has 1 aromatic heterocycles. The van der Waals surface area contributed by atoms with Crippen molar-refractivity contribution in [3.63, 3.8) is 0 Å². The Morgan fingerprint density at radius 1 is 1.38 bits per heavy atom. The summed E-state index contributed by atoms with van der Waals surface area (Å²) in [5.41, 5.74) is 1.12. The number of hydrogen-bond donors (Lipinski definition) is 1. The van der Waals surface area contributed by atoms with Crippen LogP contribution < -0.4 is 5.32 Å². The first-order valence-electron chi connectivity index (χ1n) is 7.10. The predicted octanol–water partition coefficient (Wildman–Crippen LogP) is 3.53. The Morgan fingerprint density at radius 2 is 2.19 bits per heavy atom. The normalized spacial score (nSPS) is 20.6. The first-order valence-corrected chi connectivity index (χ1v) is 7.10. The van der Waals surface area contributed by atoms with Gasteiger partial charge < -0.3 is 5.32 Å². The van der Waals surface area contributed by atoms with E-state index in [2.05, 4.69) is 29.1 Å². The van der Waals surface area contributed by atoms with Crippen molar-refractivity contribution in [1.29, 1.82) is 0 Å². The maximum Gasteiger partial charge on any atom is 0.270 e. The molecular weight excluding hydrogens is 268 g/mol. The number of anilines is 1. The van der Waals surface area contributed by atoms with Gasteiger partial charge in [-0.15, -0.1) is 0 Å². The van der Waals surface area contributed by atoms with Gasteiger partial charge in [0.2, 0.25) is 0 Å². The van der Waals surface area contributed by atoms with E-state index in [4.69, 9.17) is 0 Å². The molecule has 0 amide bonds. The number of rotatable bonds is 3. The molecule has 1 atom stereocenters. The molecule has 0 bridgehead atoms. The molecule has 1 fully saturated rings. The van der Waals surface area contributed by atoms with Gasteiger partial charge in [0.25, 0.3) is 5.69 Å². The average Bonchev–Trinajstić information content (AvgIpc) is 2.78. The van der Waals surface area contributed by atoms with E-state index in [0.717, 1.165) is 18.4 Å². The molecule has 1 heterocycles. The van der Waals surface area contributed by atoms with Gasteiger partial charge in [-0.05, 0) is 30.7 Å². The van der Waals surface area contributed by atoms with Crippen molar-refractivity contribution in [3.8, 4) is 0 Å². The Balaban J connectivity index is 1.94. The second-order valence-corrected chi connectivity index (χ2v) is 6.43. The van der Waals surface area contributed by atoms with E-state index in [-0.39, 0.29) is 5.69 Å². The van der Waals surface area contributed by atoms with Gasteiger partial charge in [-0.1, -0.05) is 13.8 Å². The lowest BCUT2D eigenvalue weighted by atomic mass is 9.92. The third kappa shape index (κ3) is 2.79. The first kappa shape index (κ1) is 13.7. The van der Waals surface area contributed by atoms with Crippen LogP contribution >= 0.6 is 0 Å². The van der Waals surface area contributed by atoms with Gasteiger partial charge in [0, 0.05) is 23.6 Å². The van der Waals surface area contributed by atoms with Crippen molar-refractivity contribution in [2.24, 2.45) is 5.41 Å². The van der Waals surface area contributed by atoms with Gasteiger partial charge in [-0.25, -0.2) is 9.97 Å². The van der Waals surface area contributed by atoms with Gasteiger partial charge in [0.15, 0.2) is 0 Å². The zero-order chi connectivity index (χ0) is 15.0. The van der Waals surface area contributed by atoms with Gasteiger partial charge in [0.05, 0.1) is 10.4 Å². The van der Waals surface area contributed by atoms with E-state index in [0.29, 0.717) is 22.7 Å². The minimum absolute atomic E-state index is 0.0621. The van der Waals surface area contributed by atoms with Crippen LogP contribution in [0, 0.1) is 15.5 Å². The molecule has 0 saturated heterocycles. The van der Waals surface area contributed by atoms with Crippen LogP contribution in [0.1, 0.15) is 33.1 Å². The van der Waals surface area contributed by atoms with E-state index in [9.17, 15) is 10.1 Å². The summed E-state index contributed by atoms with van der Waals surface area (Å²) >= 11 is 0. The number of nitrogens with zero attached hydrogens (tertiary/aromatic N) is 3. The molecule has 1 saturated carbocycles. The minimum Gasteiger partial charge on any atom is -0.367 e. The number of nitro groups is 1. The van der Waals surface area contributed by atoms with Crippen molar-refractivity contribution in [2.75, 3.05) is 5.32 Å². The molecule has 1 unspecified atom stereocenters. The second-order valence-electron chi connectivity index (χ2n) is 6.43. The van der Waals surface area contributed by atoms with E-state index >= 15 is 0 Å². The Kier molecular flexibility index (Phi) is 3.23. The Bertz CT molecular complexity index is 699. The number of nitrogens with one attached hydrogen (secondary N) is 1. The number of benzene rings is 1. The maximum absolute atomic E-state index is 10.9. The summed E-state index contributed by atoms with van der Waals surface area (Å²) in [4.78, 5) is 19.0. The zero-order valence-electron chi connectivity index (χ0n) is 12.2. The summed E-state index contributed by atoms with van der Waals surface area (Å²) in [6.07, 6.45) is 4.84. The summed E-state index contributed by atoms with van der Waals surface area (Å²) < 4.78 is 0. The molecule has 21 heavy (non-hydrogen) atoms. The van der Waals surface area contributed by atoms with Crippen molar-refractivity contribution < 1.29 is 4.92 Å². The van der Waals surface area contributed by atoms with Gasteiger partial charge in [-0.3, -0.25) is 10.1 Å². The Morgan fingerprint density at radius 3 is 2.86 bits per heavy atom. The van der Waals surface area contributed by atoms with Crippen molar-refractivity contribution >= 4 is 22.4 Å². The molecule has 3 rings (SSSR count). The van der Waals surface area contributed by atoms with Crippen LogP contribution in [-0.2, 0) is 0 Å². The molecule has 0 aliphatic heterocycles. The minimum atomic E-state index is -0.394. The Labute approximate surface area is 122 Å². The highest BCUT2D eigenvalue weighted by Gasteiger charge is 2.31. The molecule has 6 nitrogen and oxygen atoms in total. The lowest BCUT2D eigenvalue weighted by molar-refractivity contribution is -0.384. The lowest BCUT2D eigenvalue weighted by Gasteiger charge is -2.18. The number of nitro benzene ring substituents is 1. The maximum atomic E-state index is 10.9. The van der Waals surface area contributed by atoms with E-state index in [1.807, 2.05) is 0 Å². The molecule has 0 spiro atoms. The molecular formula is C15H18N4O2. The summed E-state index contributed by atoms with van der Waals surface area (Å²) in [6, 6.07) is 5.03. The highest BCUT2D eigenvalue weighted by atomic mass is 16.6. The number of aromatic nitrogens is 2. The van der Waals surface area contributed by atoms with Crippen LogP contribution in [0.2, 0.25) is 0 Å². The number of non-ortho nitro benzene ring substituents is 1. The van der Waals surface area contributed by atoms with Gasteiger partial charge in [-0.2, -0.15) is 0 Å². The molecule has 1 N–H and O–H groups in total. The fraction of sp³-hybridized carbons (Fsp3) is 0.467. The summed E-state index contributed by atoms with van der Waals surface area (Å²) in [5, 5.41) is 15.1. The first-order chi connectivity index (χ1) is 9.94. The predicted molar refractivity (Wildman–Crippen MR) is 81.2 cm³/mol. The highest BCUT2D eigenvalue weighted by molar-refractivity contribution is 5.90. The van der Waals surface area contributed by atoms with Gasteiger partial charge >= 0.3 is 0 Å². The van der Waals surface area contributed by atoms with Crippen LogP contribution in [0.4, 0.5) is 11.5 Å². The average molecular weight is 286 g/mol. The fourth-order valence-corrected chi connectivity index (χ4v) is 3.03. The van der Waals surface area contributed by atoms with Crippen LogP contribution in [0.15, 0.2) is 24.5 Å². The SMILES string of the molecule is CC1(C)CCC(Nc2ncnc3ccc([N+](=O)[O-])cc23)C1. The topological polar surface area (TPSA) is 81.0 Å². The second kappa shape index (κ2) is 4.95. The standard InChI is InChI=1S/C15H18N4O2/c1-15(2)6-5-10(8-15)18-14-12-7-11(19(20)21)3-4-13(12)16-9-17-14/h3-4,7,9-10H,5-6,8H2,1-2H3,(H,16,17,18). The third-order valence-electron chi connectivity index (χ3n) is 4.14. The van der Waals surface area contributed by atoms with Crippen molar-refractivity contribution in [1.82, 2.24) is 9.97 Å². The van der Waals surface area contributed by atoms with Crippen LogP contribution in [0.3, 0.4) is 0 Å². The number of hydrogen-bond acceptors (Lipinski definition) is 5. The number of fused-ring (bicyclic) bond motifs is 1. The fourth-order valence-electron chi connectivity index (χ4n) is 3.03. The van der Waals surface area contributed by atoms with E-state index in [1.165, 1.54) is 24.9 Å². The van der Waals surface area contributed by atoms with Crippen molar-refractivity contribution in [3.05, 3.63) is 34.6 Å². The van der Waals surface area contributed by atoms with E-state index in [1.54, 1.807) is 6.07 Å². The third-order valence-corrected chi connectivity index (χ3v) is 4.14. The van der Waals surface area contributed by atoms with E-state index < -0.39 is 4.92 Å². The van der Waals surface area contributed by atoms with Crippen LogP contribution in [-0.4, -0.2) is 20.9 Å². The molecule has 1 aliphatic rings. The molecule has 2 aromatic rings. The van der Waals surface area contributed by atoms with Crippen LogP contribution in [0.5, 0.6) is 0 Å².